The summed E-state index contributed by atoms with van der Waals surface area (Å²) in [6, 6.07) is 1.27. The van der Waals surface area contributed by atoms with Crippen molar-refractivity contribution < 1.29 is 13.2 Å². The van der Waals surface area contributed by atoms with Gasteiger partial charge in [-0.1, -0.05) is 12.2 Å². The molecule has 1 aromatic rings. The molecule has 92 valence electrons. The van der Waals surface area contributed by atoms with Gasteiger partial charge in [0.2, 0.25) is 0 Å². The topological polar surface area (TPSA) is 34.9 Å². The van der Waals surface area contributed by atoms with E-state index in [-0.39, 0.29) is 6.04 Å². The van der Waals surface area contributed by atoms with E-state index in [9.17, 15) is 18.0 Å². The van der Waals surface area contributed by atoms with Crippen molar-refractivity contribution in [2.75, 3.05) is 0 Å². The lowest BCUT2D eigenvalue weighted by Gasteiger charge is -2.18. The van der Waals surface area contributed by atoms with Crippen LogP contribution in [0.4, 0.5) is 13.2 Å². The number of rotatable bonds is 1. The van der Waals surface area contributed by atoms with Crippen LogP contribution in [-0.2, 0) is 6.18 Å². The minimum absolute atomic E-state index is 0.362. The largest absolute Gasteiger partial charge is 0.435 e. The van der Waals surface area contributed by atoms with Crippen LogP contribution in [0, 0.1) is 0 Å². The normalized spacial score (nSPS) is 20.5. The van der Waals surface area contributed by atoms with Crippen LogP contribution in [0.15, 0.2) is 29.1 Å². The molecule has 0 bridgehead atoms. The van der Waals surface area contributed by atoms with Crippen LogP contribution < -0.4 is 5.56 Å². The van der Waals surface area contributed by atoms with Crippen molar-refractivity contribution in [2.24, 2.45) is 0 Å². The summed E-state index contributed by atoms with van der Waals surface area (Å²) in [6.07, 6.45) is 1.47. The van der Waals surface area contributed by atoms with Gasteiger partial charge in [-0.2, -0.15) is 18.3 Å². The van der Waals surface area contributed by atoms with Gasteiger partial charge in [-0.15, -0.1) is 0 Å². The molecule has 0 saturated heterocycles. The van der Waals surface area contributed by atoms with Crippen LogP contribution in [0.3, 0.4) is 0 Å². The first-order valence-corrected chi connectivity index (χ1v) is 5.32. The molecule has 1 heterocycles. The van der Waals surface area contributed by atoms with E-state index in [1.54, 1.807) is 6.08 Å². The van der Waals surface area contributed by atoms with E-state index >= 15 is 0 Å². The van der Waals surface area contributed by atoms with Gasteiger partial charge < -0.3 is 0 Å². The first-order valence-electron chi connectivity index (χ1n) is 5.32. The minimum atomic E-state index is -4.52. The van der Waals surface area contributed by atoms with Gasteiger partial charge in [-0.25, -0.2) is 4.68 Å². The summed E-state index contributed by atoms with van der Waals surface area (Å²) in [5.74, 6) is 0. The van der Waals surface area contributed by atoms with Gasteiger partial charge >= 0.3 is 6.18 Å². The van der Waals surface area contributed by atoms with Crippen LogP contribution in [0.25, 0.3) is 0 Å². The SMILES string of the molecule is O=c1ccc(C(F)(F)F)nn1[C@H]1C=CCCC1. The molecule has 0 N–H and O–H groups in total. The summed E-state index contributed by atoms with van der Waals surface area (Å²) in [6.45, 7) is 0. The lowest BCUT2D eigenvalue weighted by atomic mass is 10.0. The monoisotopic (exact) mass is 244 g/mol. The molecular formula is C11H11F3N2O. The quantitative estimate of drug-likeness (QED) is 0.711. The predicted octanol–water partition coefficient (Wildman–Crippen LogP) is 2.54. The molecule has 2 rings (SSSR count). The van der Waals surface area contributed by atoms with Crippen molar-refractivity contribution in [1.29, 1.82) is 0 Å². The minimum Gasteiger partial charge on any atom is -0.268 e. The highest BCUT2D eigenvalue weighted by Crippen LogP contribution is 2.27. The van der Waals surface area contributed by atoms with Crippen LogP contribution >= 0.6 is 0 Å². The zero-order valence-corrected chi connectivity index (χ0v) is 8.94. The van der Waals surface area contributed by atoms with Gasteiger partial charge in [-0.05, 0) is 25.3 Å². The average molecular weight is 244 g/mol. The lowest BCUT2D eigenvalue weighted by Crippen LogP contribution is -2.29. The van der Waals surface area contributed by atoms with E-state index in [1.807, 2.05) is 6.08 Å². The van der Waals surface area contributed by atoms with Gasteiger partial charge in [0.1, 0.15) is 0 Å². The Morgan fingerprint density at radius 3 is 2.71 bits per heavy atom. The Labute approximate surface area is 95.6 Å². The maximum Gasteiger partial charge on any atom is 0.435 e. The molecule has 0 saturated carbocycles. The highest BCUT2D eigenvalue weighted by molar-refractivity contribution is 5.06. The van der Waals surface area contributed by atoms with E-state index in [2.05, 4.69) is 5.10 Å². The molecule has 0 amide bonds. The van der Waals surface area contributed by atoms with Gasteiger partial charge in [0, 0.05) is 6.07 Å². The fraction of sp³-hybridized carbons (Fsp3) is 0.455. The van der Waals surface area contributed by atoms with E-state index in [0.717, 1.165) is 23.6 Å². The number of nitrogens with zero attached hydrogens (tertiary/aromatic N) is 2. The maximum absolute atomic E-state index is 12.5. The highest BCUT2D eigenvalue weighted by atomic mass is 19.4. The Morgan fingerprint density at radius 1 is 1.35 bits per heavy atom. The third-order valence-electron chi connectivity index (χ3n) is 2.66. The van der Waals surface area contributed by atoms with Crippen LogP contribution in [0.2, 0.25) is 0 Å². The summed E-state index contributed by atoms with van der Waals surface area (Å²) in [5.41, 5.74) is -1.54. The second-order valence-corrected chi connectivity index (χ2v) is 3.93. The fourth-order valence-electron chi connectivity index (χ4n) is 1.81. The molecule has 0 spiro atoms. The van der Waals surface area contributed by atoms with E-state index < -0.39 is 17.4 Å². The fourth-order valence-corrected chi connectivity index (χ4v) is 1.81. The molecule has 3 nitrogen and oxygen atoms in total. The van der Waals surface area contributed by atoms with Gasteiger partial charge in [0.25, 0.3) is 5.56 Å². The highest BCUT2D eigenvalue weighted by Gasteiger charge is 2.33. The van der Waals surface area contributed by atoms with Crippen molar-refractivity contribution in [1.82, 2.24) is 9.78 Å². The van der Waals surface area contributed by atoms with Crippen LogP contribution in [0.5, 0.6) is 0 Å². The van der Waals surface area contributed by atoms with E-state index in [0.29, 0.717) is 12.5 Å². The van der Waals surface area contributed by atoms with Gasteiger partial charge in [-0.3, -0.25) is 4.79 Å². The van der Waals surface area contributed by atoms with Gasteiger partial charge in [0.05, 0.1) is 6.04 Å². The molecule has 0 unspecified atom stereocenters. The van der Waals surface area contributed by atoms with Crippen molar-refractivity contribution in [3.8, 4) is 0 Å². The molecule has 0 aromatic carbocycles. The molecule has 6 heteroatoms. The first-order chi connectivity index (χ1) is 7.98. The third-order valence-corrected chi connectivity index (χ3v) is 2.66. The molecule has 1 aliphatic rings. The standard InChI is InChI=1S/C11H11F3N2O/c12-11(13,14)9-6-7-10(17)16(15-9)8-4-2-1-3-5-8/h2,4,6-8H,1,3,5H2/t8-/m0/s1. The Hall–Kier alpha value is -1.59. The number of hydrogen-bond acceptors (Lipinski definition) is 2. The zero-order chi connectivity index (χ0) is 12.5. The molecule has 1 aliphatic carbocycles. The maximum atomic E-state index is 12.5. The summed E-state index contributed by atoms with van der Waals surface area (Å²) >= 11 is 0. The number of aromatic nitrogens is 2. The summed E-state index contributed by atoms with van der Waals surface area (Å²) in [4.78, 5) is 11.5. The first kappa shape index (κ1) is 11.9. The van der Waals surface area contributed by atoms with E-state index in [4.69, 9.17) is 0 Å². The van der Waals surface area contributed by atoms with Crippen molar-refractivity contribution in [3.05, 3.63) is 40.3 Å². The van der Waals surface area contributed by atoms with Crippen LogP contribution in [-0.4, -0.2) is 9.78 Å². The number of alkyl halides is 3. The van der Waals surface area contributed by atoms with Gasteiger partial charge in [0.15, 0.2) is 5.69 Å². The number of hydrogen-bond donors (Lipinski definition) is 0. The molecule has 17 heavy (non-hydrogen) atoms. The second-order valence-electron chi connectivity index (χ2n) is 3.93. The van der Waals surface area contributed by atoms with Crippen molar-refractivity contribution in [2.45, 2.75) is 31.5 Å². The Morgan fingerprint density at radius 2 is 2.12 bits per heavy atom. The Kier molecular flexibility index (Phi) is 3.04. The van der Waals surface area contributed by atoms with Crippen molar-refractivity contribution >= 4 is 0 Å². The Bertz CT molecular complexity index is 490. The Balaban J connectivity index is 2.42. The number of halogens is 3. The van der Waals surface area contributed by atoms with Crippen LogP contribution in [0.1, 0.15) is 31.0 Å². The summed E-state index contributed by atoms with van der Waals surface area (Å²) < 4.78 is 38.3. The zero-order valence-electron chi connectivity index (χ0n) is 8.94. The number of allylic oxidation sites excluding steroid dienone is 2. The summed E-state index contributed by atoms with van der Waals surface area (Å²) in [7, 11) is 0. The smallest absolute Gasteiger partial charge is 0.268 e. The summed E-state index contributed by atoms with van der Waals surface area (Å²) in [5, 5.41) is 3.40. The molecular weight excluding hydrogens is 233 g/mol. The molecule has 0 aliphatic heterocycles. The predicted molar refractivity (Wildman–Crippen MR) is 55.5 cm³/mol. The molecule has 1 aromatic heterocycles. The average Bonchev–Trinajstić information content (AvgIpc) is 2.29. The molecule has 0 fully saturated rings. The van der Waals surface area contributed by atoms with E-state index in [1.165, 1.54) is 0 Å². The van der Waals surface area contributed by atoms with Crippen molar-refractivity contribution in [3.63, 3.8) is 0 Å². The lowest BCUT2D eigenvalue weighted by molar-refractivity contribution is -0.142. The third kappa shape index (κ3) is 2.57. The molecule has 1 atom stereocenters. The second kappa shape index (κ2) is 4.35. The molecule has 0 radical (unpaired) electrons.